The van der Waals surface area contributed by atoms with Crippen molar-refractivity contribution in [1.29, 1.82) is 0 Å². The molecule has 2 rings (SSSR count). The van der Waals surface area contributed by atoms with E-state index in [1.165, 1.54) is 4.90 Å². The van der Waals surface area contributed by atoms with Crippen molar-refractivity contribution in [3.63, 3.8) is 0 Å². The highest BCUT2D eigenvalue weighted by molar-refractivity contribution is 7.80. The molecule has 2 fully saturated rings. The Balaban J connectivity index is 2.08. The molecule has 0 saturated carbocycles. The summed E-state index contributed by atoms with van der Waals surface area (Å²) >= 11 is 4.40. The normalized spacial score (nSPS) is 28.8. The summed E-state index contributed by atoms with van der Waals surface area (Å²) in [7, 11) is 0. The van der Waals surface area contributed by atoms with Crippen molar-refractivity contribution in [2.45, 2.75) is 26.2 Å². The number of hydrogen-bond acceptors (Lipinski definition) is 4. The van der Waals surface area contributed by atoms with E-state index in [0.717, 1.165) is 12.8 Å². The number of likely N-dealkylation sites (tertiary alicyclic amines) is 1. The largest absolute Gasteiger partial charge is 0.381 e. The first-order valence-electron chi connectivity index (χ1n) is 6.11. The highest BCUT2D eigenvalue weighted by atomic mass is 32.1. The second kappa shape index (κ2) is 4.98. The van der Waals surface area contributed by atoms with Gasteiger partial charge >= 0.3 is 0 Å². The minimum atomic E-state index is -0.153. The minimum absolute atomic E-state index is 0.0253. The zero-order valence-corrected chi connectivity index (χ0v) is 11.0. The summed E-state index contributed by atoms with van der Waals surface area (Å²) in [6.07, 6.45) is 2.11. The summed E-state index contributed by atoms with van der Waals surface area (Å²) in [5, 5.41) is 0. The van der Waals surface area contributed by atoms with Gasteiger partial charge in [0, 0.05) is 37.5 Å². The fourth-order valence-electron chi connectivity index (χ4n) is 2.52. The molecule has 5 heteroatoms. The standard InChI is InChI=1S/C12H19NO3S/c1-9-6-10(14)13(11(9)15)7-12(8-17)2-4-16-5-3-12/h9,17H,2-8H2,1H3. The van der Waals surface area contributed by atoms with Crippen molar-refractivity contribution in [3.8, 4) is 0 Å². The molecule has 2 aliphatic rings. The van der Waals surface area contributed by atoms with Gasteiger partial charge < -0.3 is 4.74 Å². The first-order valence-corrected chi connectivity index (χ1v) is 6.74. The quantitative estimate of drug-likeness (QED) is 0.608. The van der Waals surface area contributed by atoms with Gasteiger partial charge in [-0.1, -0.05) is 6.92 Å². The van der Waals surface area contributed by atoms with Crippen LogP contribution in [0, 0.1) is 11.3 Å². The van der Waals surface area contributed by atoms with Crippen LogP contribution in [-0.4, -0.2) is 42.2 Å². The molecule has 0 aromatic rings. The van der Waals surface area contributed by atoms with Gasteiger partial charge in [-0.05, 0) is 18.6 Å². The van der Waals surface area contributed by atoms with Crippen LogP contribution in [0.25, 0.3) is 0 Å². The summed E-state index contributed by atoms with van der Waals surface area (Å²) in [5.74, 6) is 0.485. The van der Waals surface area contributed by atoms with Crippen molar-refractivity contribution < 1.29 is 14.3 Å². The van der Waals surface area contributed by atoms with E-state index in [-0.39, 0.29) is 23.1 Å². The van der Waals surface area contributed by atoms with Crippen LogP contribution in [-0.2, 0) is 14.3 Å². The van der Waals surface area contributed by atoms with Gasteiger partial charge in [-0.2, -0.15) is 12.6 Å². The van der Waals surface area contributed by atoms with Crippen LogP contribution in [0.1, 0.15) is 26.2 Å². The van der Waals surface area contributed by atoms with Crippen LogP contribution in [0.2, 0.25) is 0 Å². The third-order valence-corrected chi connectivity index (χ3v) is 4.52. The van der Waals surface area contributed by atoms with Gasteiger partial charge in [-0.25, -0.2) is 0 Å². The summed E-state index contributed by atoms with van der Waals surface area (Å²) in [5.41, 5.74) is -0.0449. The molecule has 0 aromatic carbocycles. The summed E-state index contributed by atoms with van der Waals surface area (Å²) in [6, 6.07) is 0. The zero-order chi connectivity index (χ0) is 12.5. The van der Waals surface area contributed by atoms with Gasteiger partial charge in [0.1, 0.15) is 0 Å². The smallest absolute Gasteiger partial charge is 0.232 e. The van der Waals surface area contributed by atoms with Crippen LogP contribution < -0.4 is 0 Å². The Hall–Kier alpha value is -0.550. The topological polar surface area (TPSA) is 46.6 Å². The van der Waals surface area contributed by atoms with Crippen molar-refractivity contribution in [2.75, 3.05) is 25.5 Å². The maximum Gasteiger partial charge on any atom is 0.232 e. The number of rotatable bonds is 3. The Morgan fingerprint density at radius 1 is 1.41 bits per heavy atom. The average molecular weight is 257 g/mol. The molecular formula is C12H19NO3S. The third kappa shape index (κ3) is 2.50. The van der Waals surface area contributed by atoms with Gasteiger partial charge in [-0.3, -0.25) is 14.5 Å². The lowest BCUT2D eigenvalue weighted by Crippen LogP contribution is -2.45. The predicted molar refractivity (Wildman–Crippen MR) is 66.8 cm³/mol. The number of carbonyl (C=O) groups excluding carboxylic acids is 2. The van der Waals surface area contributed by atoms with Crippen LogP contribution >= 0.6 is 12.6 Å². The van der Waals surface area contributed by atoms with Crippen molar-refractivity contribution in [3.05, 3.63) is 0 Å². The summed E-state index contributed by atoms with van der Waals surface area (Å²) in [4.78, 5) is 25.1. The first kappa shape index (κ1) is 12.9. The van der Waals surface area contributed by atoms with Crippen molar-refractivity contribution >= 4 is 24.4 Å². The van der Waals surface area contributed by atoms with Gasteiger partial charge in [0.25, 0.3) is 0 Å². The molecule has 0 aliphatic carbocycles. The Morgan fingerprint density at radius 2 is 2.06 bits per heavy atom. The Bertz CT molecular complexity index is 326. The third-order valence-electron chi connectivity index (χ3n) is 3.85. The lowest BCUT2D eigenvalue weighted by Gasteiger charge is -2.38. The fraction of sp³-hybridized carbons (Fsp3) is 0.833. The maximum absolute atomic E-state index is 11.9. The highest BCUT2D eigenvalue weighted by Crippen LogP contribution is 2.34. The first-order chi connectivity index (χ1) is 8.08. The molecule has 0 radical (unpaired) electrons. The van der Waals surface area contributed by atoms with E-state index in [9.17, 15) is 9.59 Å². The van der Waals surface area contributed by atoms with Gasteiger partial charge in [0.15, 0.2) is 0 Å². The Kier molecular flexibility index (Phi) is 3.78. The summed E-state index contributed by atoms with van der Waals surface area (Å²) in [6.45, 7) is 3.73. The highest BCUT2D eigenvalue weighted by Gasteiger charge is 2.41. The zero-order valence-electron chi connectivity index (χ0n) is 10.1. The molecule has 17 heavy (non-hydrogen) atoms. The molecule has 0 spiro atoms. The Labute approximate surface area is 107 Å². The van der Waals surface area contributed by atoms with Gasteiger partial charge in [-0.15, -0.1) is 0 Å². The molecule has 4 nitrogen and oxygen atoms in total. The second-order valence-electron chi connectivity index (χ2n) is 5.19. The van der Waals surface area contributed by atoms with Crippen LogP contribution in [0.3, 0.4) is 0 Å². The van der Waals surface area contributed by atoms with E-state index in [2.05, 4.69) is 12.6 Å². The molecule has 1 atom stereocenters. The molecule has 96 valence electrons. The van der Waals surface area contributed by atoms with E-state index in [0.29, 0.717) is 31.9 Å². The molecule has 0 bridgehead atoms. The number of hydrogen-bond donors (Lipinski definition) is 1. The number of ether oxygens (including phenoxy) is 1. The van der Waals surface area contributed by atoms with E-state index < -0.39 is 0 Å². The van der Waals surface area contributed by atoms with Crippen LogP contribution in [0.15, 0.2) is 0 Å². The molecule has 2 saturated heterocycles. The van der Waals surface area contributed by atoms with Crippen LogP contribution in [0.5, 0.6) is 0 Å². The van der Waals surface area contributed by atoms with Crippen molar-refractivity contribution in [1.82, 2.24) is 4.90 Å². The van der Waals surface area contributed by atoms with E-state index >= 15 is 0 Å². The summed E-state index contributed by atoms with van der Waals surface area (Å²) < 4.78 is 5.34. The molecule has 1 unspecified atom stereocenters. The van der Waals surface area contributed by atoms with Crippen LogP contribution in [0.4, 0.5) is 0 Å². The monoisotopic (exact) mass is 257 g/mol. The van der Waals surface area contributed by atoms with Gasteiger partial charge in [0.2, 0.25) is 11.8 Å². The maximum atomic E-state index is 11.9. The van der Waals surface area contributed by atoms with E-state index in [1.807, 2.05) is 6.92 Å². The number of carbonyl (C=O) groups is 2. The molecule has 2 amide bonds. The number of imide groups is 1. The fourth-order valence-corrected chi connectivity index (χ4v) is 2.94. The van der Waals surface area contributed by atoms with Gasteiger partial charge in [0.05, 0.1) is 0 Å². The SMILES string of the molecule is CC1CC(=O)N(CC2(CS)CCOCC2)C1=O. The molecule has 2 aliphatic heterocycles. The Morgan fingerprint density at radius 3 is 2.53 bits per heavy atom. The van der Waals surface area contributed by atoms with Crippen molar-refractivity contribution in [2.24, 2.45) is 11.3 Å². The predicted octanol–water partition coefficient (Wildman–Crippen LogP) is 1.11. The van der Waals surface area contributed by atoms with E-state index in [1.54, 1.807) is 0 Å². The molecule has 0 N–H and O–H groups in total. The number of amides is 2. The van der Waals surface area contributed by atoms with E-state index in [4.69, 9.17) is 4.74 Å². The lowest BCUT2D eigenvalue weighted by atomic mass is 9.81. The molecular weight excluding hydrogens is 238 g/mol. The minimum Gasteiger partial charge on any atom is -0.381 e. The number of thiol groups is 1. The number of nitrogens with zero attached hydrogens (tertiary/aromatic N) is 1. The second-order valence-corrected chi connectivity index (χ2v) is 5.51. The lowest BCUT2D eigenvalue weighted by molar-refractivity contribution is -0.142. The molecule has 0 aromatic heterocycles. The average Bonchev–Trinajstić information content (AvgIpc) is 2.57. The molecule has 2 heterocycles.